The van der Waals surface area contributed by atoms with Crippen molar-refractivity contribution < 1.29 is 30.8 Å². The van der Waals surface area contributed by atoms with E-state index in [2.05, 4.69) is 5.32 Å². The van der Waals surface area contributed by atoms with Crippen LogP contribution < -0.4 is 10.6 Å². The highest BCUT2D eigenvalue weighted by atomic mass is 16.4. The van der Waals surface area contributed by atoms with Crippen molar-refractivity contribution in [1.29, 1.82) is 0 Å². The molecule has 0 bridgehead atoms. The fourth-order valence-electron chi connectivity index (χ4n) is 2.07. The fourth-order valence-corrected chi connectivity index (χ4v) is 2.07. The van der Waals surface area contributed by atoms with E-state index in [-0.39, 0.29) is 12.0 Å². The molecule has 0 aliphatic rings. The smallest absolute Gasteiger partial charge is 0.326 e. The van der Waals surface area contributed by atoms with E-state index in [4.69, 9.17) is 11.6 Å². The van der Waals surface area contributed by atoms with Crippen LogP contribution in [0.4, 0.5) is 0 Å². The van der Waals surface area contributed by atoms with Crippen molar-refractivity contribution in [2.24, 2.45) is 5.92 Å². The lowest BCUT2D eigenvalue weighted by atomic mass is 10.0. The summed E-state index contributed by atoms with van der Waals surface area (Å²) in [6.07, 6.45) is -0.733. The topological polar surface area (TPSA) is 133 Å². The number of aliphatic carboxylic acids is 2. The van der Waals surface area contributed by atoms with Gasteiger partial charge in [0.1, 0.15) is 12.1 Å². The molecule has 2 atom stereocenters. The molecule has 0 fully saturated rings. The van der Waals surface area contributed by atoms with Gasteiger partial charge in [-0.05, 0) is 24.5 Å². The van der Waals surface area contributed by atoms with Crippen molar-refractivity contribution in [3.05, 3.63) is 35.9 Å². The largest absolute Gasteiger partial charge is 0.481 e. The number of carbonyl (C=O) groups excluding carboxylic acids is 2. The molecule has 4 N–H and O–H groups in total. The lowest BCUT2D eigenvalue weighted by Gasteiger charge is -2.24. The summed E-state index contributed by atoms with van der Waals surface area (Å²) >= 11 is 0. The summed E-state index contributed by atoms with van der Waals surface area (Å²) in [6, 6.07) is 5.32. The number of rotatable bonds is 9. The molecular formula is C17H22N2O6. The highest BCUT2D eigenvalue weighted by molar-refractivity contribution is 5.98. The molecule has 25 heavy (non-hydrogen) atoms. The lowest BCUT2D eigenvalue weighted by Crippen LogP contribution is -2.53. The molecule has 1 rings (SSSR count). The maximum Gasteiger partial charge on any atom is 0.326 e. The molecule has 8 heteroatoms. The highest BCUT2D eigenvalue weighted by Gasteiger charge is 2.29. The summed E-state index contributed by atoms with van der Waals surface area (Å²) < 4.78 is 8.04. The normalized spacial score (nSPS) is 13.5. The first-order chi connectivity index (χ1) is 12.1. The zero-order chi connectivity index (χ0) is 19.9. The average Bonchev–Trinajstić information content (AvgIpc) is 2.57. The molecule has 0 spiro atoms. The molecule has 136 valence electrons. The van der Waals surface area contributed by atoms with Crippen LogP contribution in [-0.2, 0) is 14.4 Å². The van der Waals surface area contributed by atoms with Gasteiger partial charge in [0.15, 0.2) is 1.41 Å². The Kier molecular flexibility index (Phi) is 6.94. The summed E-state index contributed by atoms with van der Waals surface area (Å²) in [6.45, 7) is 3.24. The predicted octanol–water partition coefficient (Wildman–Crippen LogP) is 0.875. The van der Waals surface area contributed by atoms with E-state index in [1.807, 2.05) is 0 Å². The second kappa shape index (κ2) is 9.41. The lowest BCUT2D eigenvalue weighted by molar-refractivity contribution is -0.143. The first-order valence-corrected chi connectivity index (χ1v) is 7.77. The Morgan fingerprint density at radius 2 is 1.72 bits per heavy atom. The van der Waals surface area contributed by atoms with E-state index in [0.717, 1.165) is 0 Å². The summed E-state index contributed by atoms with van der Waals surface area (Å²) in [4.78, 5) is 46.7. The summed E-state index contributed by atoms with van der Waals surface area (Å²) in [7, 11) is 0. The minimum Gasteiger partial charge on any atom is -0.481 e. The van der Waals surface area contributed by atoms with Crippen LogP contribution in [0.3, 0.4) is 0 Å². The molecule has 0 saturated carbocycles. The number of hydrogen-bond donors (Lipinski definition) is 4. The van der Waals surface area contributed by atoms with Crippen molar-refractivity contribution in [2.45, 2.75) is 38.8 Å². The van der Waals surface area contributed by atoms with E-state index in [1.165, 1.54) is 12.1 Å². The number of benzene rings is 1. The molecule has 0 aliphatic heterocycles. The van der Waals surface area contributed by atoms with Gasteiger partial charge in [0.05, 0.1) is 0 Å². The van der Waals surface area contributed by atoms with E-state index in [9.17, 15) is 19.2 Å². The predicted molar refractivity (Wildman–Crippen MR) is 89.0 cm³/mol. The van der Waals surface area contributed by atoms with Gasteiger partial charge in [-0.25, -0.2) is 4.79 Å². The van der Waals surface area contributed by atoms with E-state index in [0.29, 0.717) is 5.31 Å². The molecule has 2 amide bonds. The highest BCUT2D eigenvalue weighted by Crippen LogP contribution is 2.07. The van der Waals surface area contributed by atoms with E-state index >= 15 is 0 Å². The van der Waals surface area contributed by atoms with Gasteiger partial charge in [-0.1, -0.05) is 32.0 Å². The van der Waals surface area contributed by atoms with Gasteiger partial charge < -0.3 is 20.8 Å². The number of hydrogen-bond acceptors (Lipinski definition) is 4. The van der Waals surface area contributed by atoms with Crippen molar-refractivity contribution >= 4 is 23.8 Å². The van der Waals surface area contributed by atoms with Crippen LogP contribution in [0.15, 0.2) is 30.3 Å². The Labute approximate surface area is 146 Å². The van der Waals surface area contributed by atoms with Gasteiger partial charge in [-0.2, -0.15) is 0 Å². The third-order valence-electron chi connectivity index (χ3n) is 3.44. The van der Waals surface area contributed by atoms with Crippen molar-refractivity contribution in [3.63, 3.8) is 0 Å². The molecule has 0 radical (unpaired) electrons. The number of carbonyl (C=O) groups is 4. The van der Waals surface area contributed by atoms with Gasteiger partial charge in [0.2, 0.25) is 5.91 Å². The number of nitrogens with one attached hydrogen (secondary N) is 2. The molecule has 0 saturated heterocycles. The number of amides is 2. The van der Waals surface area contributed by atoms with Crippen LogP contribution in [0.1, 0.15) is 37.0 Å². The Bertz CT molecular complexity index is 664. The molecule has 1 aromatic rings. The average molecular weight is 351 g/mol. The van der Waals surface area contributed by atoms with Gasteiger partial charge >= 0.3 is 11.9 Å². The van der Waals surface area contributed by atoms with Crippen molar-refractivity contribution in [2.75, 3.05) is 0 Å². The van der Waals surface area contributed by atoms with Crippen LogP contribution in [0.25, 0.3) is 0 Å². The third kappa shape index (κ3) is 6.62. The van der Waals surface area contributed by atoms with Crippen LogP contribution in [0, 0.1) is 5.92 Å². The Morgan fingerprint density at radius 1 is 1.12 bits per heavy atom. The van der Waals surface area contributed by atoms with Gasteiger partial charge in [0.25, 0.3) is 5.91 Å². The van der Waals surface area contributed by atoms with Crippen molar-refractivity contribution in [1.82, 2.24) is 10.6 Å². The SMILES string of the molecule is [2H]N(C(=O)c1ccccc1)[C@H](C(=O)N[C@@H](CCC(=O)O)C(=O)O)C(C)C. The minimum absolute atomic E-state index is 0.224. The van der Waals surface area contributed by atoms with Gasteiger partial charge in [0, 0.05) is 12.0 Å². The summed E-state index contributed by atoms with van der Waals surface area (Å²) in [5.41, 5.74) is 0.224. The van der Waals surface area contributed by atoms with Crippen LogP contribution in [0.2, 0.25) is 1.41 Å². The second-order valence-electron chi connectivity index (χ2n) is 5.82. The van der Waals surface area contributed by atoms with Crippen LogP contribution in [-0.4, -0.2) is 46.0 Å². The molecule has 8 nitrogen and oxygen atoms in total. The number of carboxylic acids is 2. The summed E-state index contributed by atoms with van der Waals surface area (Å²) in [5, 5.41) is 20.6. The molecule has 1 aromatic carbocycles. The zero-order valence-electron chi connectivity index (χ0n) is 15.0. The minimum atomic E-state index is -1.42. The zero-order valence-corrected chi connectivity index (χ0v) is 14.0. The monoisotopic (exact) mass is 351 g/mol. The molecular weight excluding hydrogens is 328 g/mol. The van der Waals surface area contributed by atoms with Crippen LogP contribution >= 0.6 is 0 Å². The van der Waals surface area contributed by atoms with E-state index < -0.39 is 48.2 Å². The quantitative estimate of drug-likeness (QED) is 0.522. The van der Waals surface area contributed by atoms with Gasteiger partial charge in [-0.3, -0.25) is 14.4 Å². The third-order valence-corrected chi connectivity index (χ3v) is 3.44. The summed E-state index contributed by atoms with van der Waals surface area (Å²) in [5.74, 6) is -4.55. The molecule has 0 heterocycles. The first-order valence-electron chi connectivity index (χ1n) is 8.22. The Hall–Kier alpha value is -2.90. The second-order valence-corrected chi connectivity index (χ2v) is 5.82. The maximum atomic E-state index is 12.5. The fraction of sp³-hybridized carbons (Fsp3) is 0.412. The molecule has 0 unspecified atom stereocenters. The van der Waals surface area contributed by atoms with E-state index in [1.54, 1.807) is 32.0 Å². The van der Waals surface area contributed by atoms with Crippen molar-refractivity contribution in [3.8, 4) is 0 Å². The standard InChI is InChI=1S/C17H22N2O6/c1-10(2)14(19-15(22)11-6-4-3-5-7-11)16(23)18-12(17(24)25)8-9-13(20)21/h3-7,10,12,14H,8-9H2,1-2H3,(H,18,23)(H,19,22)(H,20,21)(H,24,25)/t12-,14-/m0/s1/i/hD. The molecule has 0 aromatic heterocycles. The van der Waals surface area contributed by atoms with Gasteiger partial charge in [-0.15, -0.1) is 0 Å². The maximum absolute atomic E-state index is 12.5. The molecule has 0 aliphatic carbocycles. The Balaban J connectivity index is 2.93. The van der Waals surface area contributed by atoms with Crippen LogP contribution in [0.5, 0.6) is 0 Å². The number of carboxylic acid groups (broad SMARTS) is 2. The first kappa shape index (κ1) is 18.4. The Morgan fingerprint density at radius 3 is 2.20 bits per heavy atom.